The molecule has 0 bridgehead atoms. The molecule has 62 valence electrons. The third-order valence-corrected chi connectivity index (χ3v) is 1.53. The summed E-state index contributed by atoms with van der Waals surface area (Å²) in [4.78, 5) is 2.98. The molecular formula is C9H11N3. The van der Waals surface area contributed by atoms with Gasteiger partial charge in [0.25, 0.3) is 0 Å². The Morgan fingerprint density at radius 3 is 3.17 bits per heavy atom. The molecule has 0 radical (unpaired) electrons. The average Bonchev–Trinajstić information content (AvgIpc) is 2.59. The minimum atomic E-state index is -0.266. The van der Waals surface area contributed by atoms with E-state index in [0.29, 0.717) is 6.54 Å². The lowest BCUT2D eigenvalue weighted by Crippen LogP contribution is -2.19. The first-order chi connectivity index (χ1) is 5.88. The smallest absolute Gasteiger partial charge is 0.136 e. The van der Waals surface area contributed by atoms with Gasteiger partial charge in [0.1, 0.15) is 6.04 Å². The van der Waals surface area contributed by atoms with Crippen LogP contribution < -0.4 is 5.32 Å². The molecule has 0 aromatic carbocycles. The number of hydrogen-bond acceptors (Lipinski definition) is 2. The molecule has 3 nitrogen and oxygen atoms in total. The van der Waals surface area contributed by atoms with Gasteiger partial charge in [-0.05, 0) is 12.1 Å². The number of H-pyrrole nitrogens is 1. The van der Waals surface area contributed by atoms with Crippen LogP contribution in [-0.2, 0) is 0 Å². The average molecular weight is 161 g/mol. The van der Waals surface area contributed by atoms with E-state index in [0.717, 1.165) is 5.69 Å². The first-order valence-corrected chi connectivity index (χ1v) is 3.75. The van der Waals surface area contributed by atoms with Gasteiger partial charge in [0.2, 0.25) is 0 Å². The summed E-state index contributed by atoms with van der Waals surface area (Å²) >= 11 is 0. The Morgan fingerprint density at radius 1 is 1.83 bits per heavy atom. The van der Waals surface area contributed by atoms with Gasteiger partial charge in [-0.2, -0.15) is 5.26 Å². The van der Waals surface area contributed by atoms with Gasteiger partial charge in [0.15, 0.2) is 0 Å². The molecule has 0 aliphatic rings. The highest BCUT2D eigenvalue weighted by Crippen LogP contribution is 2.07. The highest BCUT2D eigenvalue weighted by atomic mass is 14.9. The molecule has 0 saturated carbocycles. The van der Waals surface area contributed by atoms with Crippen LogP contribution in [0.2, 0.25) is 0 Å². The predicted octanol–water partition coefficient (Wildman–Crippen LogP) is 1.35. The van der Waals surface area contributed by atoms with E-state index in [2.05, 4.69) is 22.9 Å². The number of aromatic nitrogens is 1. The molecule has 1 unspecified atom stereocenters. The van der Waals surface area contributed by atoms with Crippen LogP contribution >= 0.6 is 0 Å². The highest BCUT2D eigenvalue weighted by molar-refractivity contribution is 5.16. The van der Waals surface area contributed by atoms with Crippen molar-refractivity contribution in [1.29, 1.82) is 5.26 Å². The lowest BCUT2D eigenvalue weighted by molar-refractivity contribution is 0.669. The van der Waals surface area contributed by atoms with Crippen molar-refractivity contribution >= 4 is 0 Å². The summed E-state index contributed by atoms with van der Waals surface area (Å²) in [5.74, 6) is 0. The van der Waals surface area contributed by atoms with E-state index in [1.807, 2.05) is 12.1 Å². The quantitative estimate of drug-likeness (QED) is 0.655. The minimum absolute atomic E-state index is 0.266. The van der Waals surface area contributed by atoms with Gasteiger partial charge in [-0.1, -0.05) is 6.08 Å². The van der Waals surface area contributed by atoms with Crippen LogP contribution in [0.3, 0.4) is 0 Å². The highest BCUT2D eigenvalue weighted by Gasteiger charge is 2.07. The normalized spacial score (nSPS) is 11.9. The maximum atomic E-state index is 8.76. The molecule has 1 heterocycles. The van der Waals surface area contributed by atoms with Crippen molar-refractivity contribution < 1.29 is 0 Å². The van der Waals surface area contributed by atoms with Gasteiger partial charge in [-0.15, -0.1) is 6.58 Å². The second-order valence-corrected chi connectivity index (χ2v) is 2.38. The van der Waals surface area contributed by atoms with E-state index < -0.39 is 0 Å². The Kier molecular flexibility index (Phi) is 3.12. The molecule has 1 aromatic heterocycles. The fourth-order valence-electron chi connectivity index (χ4n) is 0.950. The van der Waals surface area contributed by atoms with Gasteiger partial charge in [-0.25, -0.2) is 0 Å². The fraction of sp³-hybridized carbons (Fsp3) is 0.222. The Morgan fingerprint density at radius 2 is 2.67 bits per heavy atom. The zero-order valence-electron chi connectivity index (χ0n) is 6.75. The van der Waals surface area contributed by atoms with Crippen LogP contribution in [0.4, 0.5) is 0 Å². The monoisotopic (exact) mass is 161 g/mol. The van der Waals surface area contributed by atoms with Crippen molar-refractivity contribution in [3.8, 4) is 6.07 Å². The molecule has 0 amide bonds. The number of nitrogens with zero attached hydrogens (tertiary/aromatic N) is 1. The van der Waals surface area contributed by atoms with Crippen molar-refractivity contribution in [2.24, 2.45) is 0 Å². The molecule has 1 atom stereocenters. The van der Waals surface area contributed by atoms with E-state index in [4.69, 9.17) is 5.26 Å². The van der Waals surface area contributed by atoms with Crippen molar-refractivity contribution in [3.05, 3.63) is 36.7 Å². The van der Waals surface area contributed by atoms with Crippen molar-refractivity contribution in [2.45, 2.75) is 6.04 Å². The van der Waals surface area contributed by atoms with Crippen LogP contribution in [0.5, 0.6) is 0 Å². The van der Waals surface area contributed by atoms with Gasteiger partial charge in [-0.3, -0.25) is 5.32 Å². The fourth-order valence-corrected chi connectivity index (χ4v) is 0.950. The van der Waals surface area contributed by atoms with Crippen LogP contribution in [0.1, 0.15) is 11.7 Å². The van der Waals surface area contributed by atoms with E-state index >= 15 is 0 Å². The summed E-state index contributed by atoms with van der Waals surface area (Å²) in [5, 5.41) is 11.8. The molecule has 2 N–H and O–H groups in total. The SMILES string of the molecule is C=CCNC(C#N)c1ccc[nH]1. The van der Waals surface area contributed by atoms with E-state index in [1.54, 1.807) is 12.3 Å². The Balaban J connectivity index is 2.59. The van der Waals surface area contributed by atoms with E-state index in [-0.39, 0.29) is 6.04 Å². The topological polar surface area (TPSA) is 51.6 Å². The molecule has 0 spiro atoms. The number of aromatic amines is 1. The summed E-state index contributed by atoms with van der Waals surface area (Å²) in [7, 11) is 0. The lowest BCUT2D eigenvalue weighted by Gasteiger charge is -2.06. The number of nitrogens with one attached hydrogen (secondary N) is 2. The summed E-state index contributed by atoms with van der Waals surface area (Å²) in [5.41, 5.74) is 0.888. The van der Waals surface area contributed by atoms with Gasteiger partial charge in [0.05, 0.1) is 6.07 Å². The molecule has 3 heteroatoms. The summed E-state index contributed by atoms with van der Waals surface area (Å²) in [6, 6.07) is 5.63. The summed E-state index contributed by atoms with van der Waals surface area (Å²) < 4.78 is 0. The predicted molar refractivity (Wildman–Crippen MR) is 47.3 cm³/mol. The van der Waals surface area contributed by atoms with E-state index in [1.165, 1.54) is 0 Å². The first kappa shape index (κ1) is 8.57. The molecule has 12 heavy (non-hydrogen) atoms. The second kappa shape index (κ2) is 4.37. The summed E-state index contributed by atoms with van der Waals surface area (Å²) in [6.45, 7) is 4.20. The molecular weight excluding hydrogens is 150 g/mol. The first-order valence-electron chi connectivity index (χ1n) is 3.75. The number of nitriles is 1. The summed E-state index contributed by atoms with van der Waals surface area (Å²) in [6.07, 6.45) is 3.53. The minimum Gasteiger partial charge on any atom is -0.363 e. The molecule has 1 rings (SSSR count). The second-order valence-electron chi connectivity index (χ2n) is 2.38. The molecule has 1 aromatic rings. The van der Waals surface area contributed by atoms with Crippen LogP contribution in [0.25, 0.3) is 0 Å². The lowest BCUT2D eigenvalue weighted by atomic mass is 10.2. The Labute approximate surface area is 71.7 Å². The van der Waals surface area contributed by atoms with Crippen LogP contribution in [-0.4, -0.2) is 11.5 Å². The Hall–Kier alpha value is -1.53. The van der Waals surface area contributed by atoms with Gasteiger partial charge < -0.3 is 4.98 Å². The van der Waals surface area contributed by atoms with Crippen molar-refractivity contribution in [1.82, 2.24) is 10.3 Å². The van der Waals surface area contributed by atoms with Gasteiger partial charge in [0, 0.05) is 18.4 Å². The zero-order valence-corrected chi connectivity index (χ0v) is 6.75. The molecule has 0 aliphatic carbocycles. The molecule has 0 saturated heterocycles. The van der Waals surface area contributed by atoms with Crippen molar-refractivity contribution in [2.75, 3.05) is 6.54 Å². The van der Waals surface area contributed by atoms with Gasteiger partial charge >= 0.3 is 0 Å². The largest absolute Gasteiger partial charge is 0.363 e. The molecule has 0 aliphatic heterocycles. The van der Waals surface area contributed by atoms with Crippen molar-refractivity contribution in [3.63, 3.8) is 0 Å². The van der Waals surface area contributed by atoms with Crippen LogP contribution in [0.15, 0.2) is 31.0 Å². The third-order valence-electron chi connectivity index (χ3n) is 1.53. The maximum absolute atomic E-state index is 8.76. The zero-order chi connectivity index (χ0) is 8.81. The van der Waals surface area contributed by atoms with Crippen LogP contribution in [0, 0.1) is 11.3 Å². The third kappa shape index (κ3) is 1.97. The van der Waals surface area contributed by atoms with E-state index in [9.17, 15) is 0 Å². The number of rotatable bonds is 4. The Bertz CT molecular complexity index is 268. The number of hydrogen-bond donors (Lipinski definition) is 2. The molecule has 0 fully saturated rings. The standard InChI is InChI=1S/C9H11N3/c1-2-5-11-9(7-10)8-4-3-6-12-8/h2-4,6,9,11-12H,1,5H2. The maximum Gasteiger partial charge on any atom is 0.136 e.